The number of pyridine rings is 1. The average Bonchev–Trinajstić information content (AvgIpc) is 3.08. The topological polar surface area (TPSA) is 53.4 Å². The van der Waals surface area contributed by atoms with E-state index in [2.05, 4.69) is 0 Å². The highest BCUT2D eigenvalue weighted by atomic mass is 35.5. The molecule has 1 aliphatic carbocycles. The summed E-state index contributed by atoms with van der Waals surface area (Å²) in [6, 6.07) is 22.4. The predicted octanol–water partition coefficient (Wildman–Crippen LogP) is 6.05. The summed E-state index contributed by atoms with van der Waals surface area (Å²) in [6.07, 6.45) is 0.604. The molecular formula is C24H16ClNO2. The Bertz CT molecular complexity index is 1230. The number of phenols is 2. The van der Waals surface area contributed by atoms with Crippen LogP contribution in [0, 0.1) is 0 Å². The second kappa shape index (κ2) is 6.39. The lowest BCUT2D eigenvalue weighted by Gasteiger charge is -2.13. The number of halogens is 1. The van der Waals surface area contributed by atoms with E-state index < -0.39 is 0 Å². The van der Waals surface area contributed by atoms with Crippen molar-refractivity contribution < 1.29 is 10.2 Å². The number of hydrogen-bond donors (Lipinski definition) is 2. The molecule has 0 bridgehead atoms. The van der Waals surface area contributed by atoms with Crippen LogP contribution in [-0.4, -0.2) is 15.2 Å². The Morgan fingerprint density at radius 1 is 0.714 bits per heavy atom. The molecule has 28 heavy (non-hydrogen) atoms. The molecule has 0 radical (unpaired) electrons. The first-order valence-corrected chi connectivity index (χ1v) is 9.39. The largest absolute Gasteiger partial charge is 0.508 e. The van der Waals surface area contributed by atoms with Crippen molar-refractivity contribution >= 4 is 11.6 Å². The molecule has 0 amide bonds. The number of aromatic nitrogens is 1. The summed E-state index contributed by atoms with van der Waals surface area (Å²) in [5, 5.41) is 21.4. The second-order valence-electron chi connectivity index (χ2n) is 6.89. The first-order valence-electron chi connectivity index (χ1n) is 9.01. The van der Waals surface area contributed by atoms with E-state index in [0.29, 0.717) is 22.7 Å². The van der Waals surface area contributed by atoms with Gasteiger partial charge in [-0.15, -0.1) is 0 Å². The van der Waals surface area contributed by atoms with E-state index in [1.807, 2.05) is 54.6 Å². The summed E-state index contributed by atoms with van der Waals surface area (Å²) in [6.45, 7) is 0. The minimum Gasteiger partial charge on any atom is -0.508 e. The minimum atomic E-state index is 0.182. The van der Waals surface area contributed by atoms with Gasteiger partial charge in [-0.1, -0.05) is 48.0 Å². The van der Waals surface area contributed by atoms with Gasteiger partial charge in [0.05, 0.1) is 11.4 Å². The third-order valence-electron chi connectivity index (χ3n) is 5.20. The van der Waals surface area contributed by atoms with Crippen molar-refractivity contribution in [3.8, 4) is 45.1 Å². The lowest BCUT2D eigenvalue weighted by molar-refractivity contribution is 0.470. The zero-order valence-corrected chi connectivity index (χ0v) is 15.6. The van der Waals surface area contributed by atoms with E-state index in [4.69, 9.17) is 16.6 Å². The number of para-hydroxylation sites is 1. The maximum atomic E-state index is 10.4. The summed E-state index contributed by atoms with van der Waals surface area (Å²) in [4.78, 5) is 4.87. The highest BCUT2D eigenvalue weighted by molar-refractivity contribution is 6.30. The summed E-state index contributed by atoms with van der Waals surface area (Å²) >= 11 is 6.25. The summed E-state index contributed by atoms with van der Waals surface area (Å²) in [5.74, 6) is 0.456. The highest BCUT2D eigenvalue weighted by Crippen LogP contribution is 2.45. The Labute approximate surface area is 167 Å². The molecule has 3 aromatic carbocycles. The fourth-order valence-electron chi connectivity index (χ4n) is 3.87. The average molecular weight is 386 g/mol. The minimum absolute atomic E-state index is 0.182. The maximum Gasteiger partial charge on any atom is 0.124 e. The zero-order chi connectivity index (χ0) is 19.3. The molecule has 0 atom stereocenters. The quantitative estimate of drug-likeness (QED) is 0.389. The van der Waals surface area contributed by atoms with Crippen LogP contribution in [0.5, 0.6) is 11.5 Å². The molecule has 4 aromatic rings. The van der Waals surface area contributed by atoms with Crippen LogP contribution in [-0.2, 0) is 6.42 Å². The second-order valence-corrected chi connectivity index (χ2v) is 7.33. The van der Waals surface area contributed by atoms with E-state index in [0.717, 1.165) is 33.5 Å². The lowest BCUT2D eigenvalue weighted by Crippen LogP contribution is -1.95. The Morgan fingerprint density at radius 2 is 1.46 bits per heavy atom. The van der Waals surface area contributed by atoms with E-state index in [1.165, 1.54) is 0 Å². The Hall–Kier alpha value is -3.30. The molecule has 3 nitrogen and oxygen atoms in total. The van der Waals surface area contributed by atoms with Crippen LogP contribution < -0.4 is 0 Å². The van der Waals surface area contributed by atoms with Crippen molar-refractivity contribution in [3.05, 3.63) is 88.9 Å². The highest BCUT2D eigenvalue weighted by Gasteiger charge is 2.27. The first-order chi connectivity index (χ1) is 13.6. The molecule has 1 aromatic heterocycles. The van der Waals surface area contributed by atoms with Gasteiger partial charge in [-0.3, -0.25) is 0 Å². The van der Waals surface area contributed by atoms with E-state index >= 15 is 0 Å². The molecule has 5 rings (SSSR count). The van der Waals surface area contributed by atoms with Crippen molar-refractivity contribution in [1.82, 2.24) is 4.98 Å². The zero-order valence-electron chi connectivity index (χ0n) is 14.9. The predicted molar refractivity (Wildman–Crippen MR) is 112 cm³/mol. The van der Waals surface area contributed by atoms with Gasteiger partial charge in [-0.2, -0.15) is 0 Å². The molecule has 0 spiro atoms. The van der Waals surface area contributed by atoms with Gasteiger partial charge in [0.2, 0.25) is 0 Å². The first kappa shape index (κ1) is 16.8. The Kier molecular flexibility index (Phi) is 3.85. The van der Waals surface area contributed by atoms with Crippen molar-refractivity contribution in [1.29, 1.82) is 0 Å². The maximum absolute atomic E-state index is 10.4. The van der Waals surface area contributed by atoms with Crippen molar-refractivity contribution in [2.45, 2.75) is 6.42 Å². The van der Waals surface area contributed by atoms with Crippen molar-refractivity contribution in [3.63, 3.8) is 0 Å². The van der Waals surface area contributed by atoms with Gasteiger partial charge in [-0.25, -0.2) is 4.98 Å². The van der Waals surface area contributed by atoms with Crippen molar-refractivity contribution in [2.75, 3.05) is 0 Å². The molecule has 0 saturated carbocycles. The Balaban J connectivity index is 1.82. The number of rotatable bonds is 2. The fourth-order valence-corrected chi connectivity index (χ4v) is 4.06. The molecule has 0 fully saturated rings. The summed E-state index contributed by atoms with van der Waals surface area (Å²) < 4.78 is 0. The van der Waals surface area contributed by atoms with Crippen LogP contribution in [0.1, 0.15) is 11.1 Å². The molecule has 0 aliphatic heterocycles. The third-order valence-corrected chi connectivity index (χ3v) is 5.43. The van der Waals surface area contributed by atoms with Crippen molar-refractivity contribution in [2.24, 2.45) is 0 Å². The van der Waals surface area contributed by atoms with Gasteiger partial charge in [0.25, 0.3) is 0 Å². The number of benzene rings is 3. The number of fused-ring (bicyclic) bond motifs is 3. The number of hydrogen-bond acceptors (Lipinski definition) is 3. The molecular weight excluding hydrogens is 370 g/mol. The Morgan fingerprint density at radius 3 is 2.29 bits per heavy atom. The number of phenolic OH excluding ortho intramolecular Hbond substituents is 2. The van der Waals surface area contributed by atoms with Gasteiger partial charge < -0.3 is 10.2 Å². The molecule has 4 heteroatoms. The van der Waals surface area contributed by atoms with Crippen LogP contribution in [0.15, 0.2) is 72.8 Å². The van der Waals surface area contributed by atoms with E-state index in [9.17, 15) is 10.2 Å². The standard InChI is InChI=1S/C24H16ClNO2/c25-15-6-3-5-14(11-15)18-13-21(17-7-1-2-9-22(17)27)26-24-16-8-4-10-23(28)19(16)12-20(18)24/h1-11,13,27-28H,12H2. The monoisotopic (exact) mass is 385 g/mol. The van der Waals surface area contributed by atoms with Crippen LogP contribution in [0.3, 0.4) is 0 Å². The van der Waals surface area contributed by atoms with Gasteiger partial charge >= 0.3 is 0 Å². The molecule has 0 saturated heterocycles. The normalized spacial score (nSPS) is 11.9. The number of nitrogens with zero attached hydrogens (tertiary/aromatic N) is 1. The van der Waals surface area contributed by atoms with Crippen LogP contribution in [0.4, 0.5) is 0 Å². The molecule has 1 aliphatic rings. The van der Waals surface area contributed by atoms with Gasteiger partial charge in [0.1, 0.15) is 11.5 Å². The molecule has 0 unspecified atom stereocenters. The molecule has 1 heterocycles. The lowest BCUT2D eigenvalue weighted by atomic mass is 9.96. The molecule has 136 valence electrons. The summed E-state index contributed by atoms with van der Waals surface area (Å²) in [5.41, 5.74) is 7.03. The van der Waals surface area contributed by atoms with Gasteiger partial charge in [-0.05, 0) is 53.1 Å². The summed E-state index contributed by atoms with van der Waals surface area (Å²) in [7, 11) is 0. The van der Waals surface area contributed by atoms with E-state index in [-0.39, 0.29) is 11.5 Å². The SMILES string of the molecule is Oc1ccccc1-c1cc(-c2cccc(Cl)c2)c2c(n1)-c1cccc(O)c1C2. The number of aromatic hydroxyl groups is 2. The van der Waals surface area contributed by atoms with Crippen LogP contribution in [0.25, 0.3) is 33.6 Å². The van der Waals surface area contributed by atoms with E-state index in [1.54, 1.807) is 18.2 Å². The smallest absolute Gasteiger partial charge is 0.124 e. The van der Waals surface area contributed by atoms with Crippen LogP contribution in [0.2, 0.25) is 5.02 Å². The van der Waals surface area contributed by atoms with Crippen LogP contribution >= 0.6 is 11.6 Å². The molecule has 2 N–H and O–H groups in total. The fraction of sp³-hybridized carbons (Fsp3) is 0.0417. The van der Waals surface area contributed by atoms with Gasteiger partial charge in [0, 0.05) is 28.1 Å². The van der Waals surface area contributed by atoms with Gasteiger partial charge in [0.15, 0.2) is 0 Å². The third kappa shape index (κ3) is 2.63.